The van der Waals surface area contributed by atoms with Gasteiger partial charge in [0.15, 0.2) is 17.3 Å². The van der Waals surface area contributed by atoms with Gasteiger partial charge < -0.3 is 18.9 Å². The van der Waals surface area contributed by atoms with E-state index in [2.05, 4.69) is 5.16 Å². The standard InChI is InChI=1S/C26H21Cl2N3O4S/c27-17-6-5-16(11-18(17)28)19-12-23(35-30-19)20-14-36-25(29-20)15-7-9-31(10-8-15)26(32)24-13-33-21-3-1-2-4-22(21)34-24/h1-6,11-12,14-15,24H,7-10,13H2. The first-order valence-corrected chi connectivity index (χ1v) is 13.2. The molecule has 1 fully saturated rings. The zero-order valence-corrected chi connectivity index (χ0v) is 21.4. The highest BCUT2D eigenvalue weighted by molar-refractivity contribution is 7.10. The first-order valence-electron chi connectivity index (χ1n) is 11.6. The molecule has 6 rings (SSSR count). The maximum absolute atomic E-state index is 13.0. The SMILES string of the molecule is O=C(C1COc2ccccc2O1)N1CCC(c2nc(-c3cc(-c4ccc(Cl)c(Cl)c4)no3)cs2)CC1. The maximum atomic E-state index is 13.0. The normalized spacial score (nSPS) is 17.8. The molecule has 2 aliphatic heterocycles. The molecule has 1 amide bonds. The molecule has 36 heavy (non-hydrogen) atoms. The molecule has 0 N–H and O–H groups in total. The van der Waals surface area contributed by atoms with Crippen LogP contribution in [0, 0.1) is 0 Å². The Bertz CT molecular complexity index is 1410. The van der Waals surface area contributed by atoms with Gasteiger partial charge in [-0.25, -0.2) is 4.98 Å². The summed E-state index contributed by atoms with van der Waals surface area (Å²) in [5.41, 5.74) is 2.24. The number of benzene rings is 2. The average molecular weight is 542 g/mol. The number of ether oxygens (including phenoxy) is 2. The Morgan fingerprint density at radius 1 is 1.00 bits per heavy atom. The van der Waals surface area contributed by atoms with Gasteiger partial charge in [0.1, 0.15) is 18.0 Å². The minimum absolute atomic E-state index is 0.0285. The van der Waals surface area contributed by atoms with Gasteiger partial charge in [-0.15, -0.1) is 11.3 Å². The highest BCUT2D eigenvalue weighted by Gasteiger charge is 2.34. The van der Waals surface area contributed by atoms with Gasteiger partial charge in [0.2, 0.25) is 6.10 Å². The van der Waals surface area contributed by atoms with Crippen LogP contribution in [-0.2, 0) is 4.79 Å². The van der Waals surface area contributed by atoms with Gasteiger partial charge >= 0.3 is 0 Å². The third kappa shape index (κ3) is 4.56. The van der Waals surface area contributed by atoms with Crippen molar-refractivity contribution in [1.82, 2.24) is 15.0 Å². The summed E-state index contributed by atoms with van der Waals surface area (Å²) in [5, 5.41) is 8.14. The van der Waals surface area contributed by atoms with Crippen LogP contribution in [0.25, 0.3) is 22.7 Å². The molecule has 7 nitrogen and oxygen atoms in total. The molecular weight excluding hydrogens is 521 g/mol. The fourth-order valence-corrected chi connectivity index (χ4v) is 5.75. The molecule has 0 spiro atoms. The van der Waals surface area contributed by atoms with Crippen molar-refractivity contribution in [2.75, 3.05) is 19.7 Å². The zero-order chi connectivity index (χ0) is 24.6. The summed E-state index contributed by atoms with van der Waals surface area (Å²) in [5.74, 6) is 2.15. The van der Waals surface area contributed by atoms with Crippen molar-refractivity contribution in [1.29, 1.82) is 0 Å². The lowest BCUT2D eigenvalue weighted by Gasteiger charge is -2.34. The molecule has 2 aromatic heterocycles. The summed E-state index contributed by atoms with van der Waals surface area (Å²) in [6.07, 6.45) is 1.07. The number of nitrogens with zero attached hydrogens (tertiary/aromatic N) is 3. The molecule has 4 aromatic rings. The molecule has 2 aromatic carbocycles. The lowest BCUT2D eigenvalue weighted by Crippen LogP contribution is -2.48. The molecular formula is C26H21Cl2N3O4S. The fraction of sp³-hybridized carbons (Fsp3) is 0.269. The Balaban J connectivity index is 1.08. The topological polar surface area (TPSA) is 77.7 Å². The van der Waals surface area contributed by atoms with Crippen LogP contribution >= 0.6 is 34.5 Å². The number of thiazole rings is 1. The van der Waals surface area contributed by atoms with E-state index in [0.717, 1.165) is 29.1 Å². The van der Waals surface area contributed by atoms with Gasteiger partial charge in [0.05, 0.1) is 15.1 Å². The van der Waals surface area contributed by atoms with Crippen LogP contribution in [0.3, 0.4) is 0 Å². The monoisotopic (exact) mass is 541 g/mol. The van der Waals surface area contributed by atoms with E-state index < -0.39 is 6.10 Å². The van der Waals surface area contributed by atoms with Gasteiger partial charge in [-0.3, -0.25) is 4.79 Å². The largest absolute Gasteiger partial charge is 0.485 e. The first-order chi connectivity index (χ1) is 17.5. The third-order valence-corrected chi connectivity index (χ3v) is 8.19. The van der Waals surface area contributed by atoms with E-state index in [1.54, 1.807) is 23.5 Å². The van der Waals surface area contributed by atoms with E-state index in [9.17, 15) is 4.79 Å². The molecule has 4 heterocycles. The number of aromatic nitrogens is 2. The molecule has 2 aliphatic rings. The Labute approximate surface area is 221 Å². The number of carbonyl (C=O) groups excluding carboxylic acids is 1. The Hall–Kier alpha value is -3.07. The predicted octanol–water partition coefficient (Wildman–Crippen LogP) is 6.32. The van der Waals surface area contributed by atoms with Crippen molar-refractivity contribution in [3.8, 4) is 34.2 Å². The number of likely N-dealkylation sites (tertiary alicyclic amines) is 1. The first kappa shape index (κ1) is 23.3. The van der Waals surface area contributed by atoms with Crippen molar-refractivity contribution >= 4 is 40.4 Å². The Morgan fingerprint density at radius 2 is 1.81 bits per heavy atom. The van der Waals surface area contributed by atoms with E-state index in [4.69, 9.17) is 42.2 Å². The number of hydrogen-bond donors (Lipinski definition) is 0. The van der Waals surface area contributed by atoms with Crippen molar-refractivity contribution < 1.29 is 18.8 Å². The number of fused-ring (bicyclic) bond motifs is 1. The van der Waals surface area contributed by atoms with Gasteiger partial charge in [-0.05, 0) is 37.1 Å². The van der Waals surface area contributed by atoms with Crippen molar-refractivity contribution in [2.24, 2.45) is 0 Å². The highest BCUT2D eigenvalue weighted by atomic mass is 35.5. The van der Waals surface area contributed by atoms with Gasteiger partial charge in [-0.1, -0.05) is 46.6 Å². The minimum atomic E-state index is -0.612. The third-order valence-electron chi connectivity index (χ3n) is 6.44. The Morgan fingerprint density at radius 3 is 2.61 bits per heavy atom. The van der Waals surface area contributed by atoms with E-state index in [-0.39, 0.29) is 18.4 Å². The summed E-state index contributed by atoms with van der Waals surface area (Å²) in [4.78, 5) is 19.7. The molecule has 1 unspecified atom stereocenters. The number of piperidine rings is 1. The fourth-order valence-electron chi connectivity index (χ4n) is 4.47. The van der Waals surface area contributed by atoms with Crippen molar-refractivity contribution in [3.05, 3.63) is 69.0 Å². The smallest absolute Gasteiger partial charge is 0.267 e. The van der Waals surface area contributed by atoms with Gasteiger partial charge in [0.25, 0.3) is 5.91 Å². The summed E-state index contributed by atoms with van der Waals surface area (Å²) in [6, 6.07) is 14.6. The predicted molar refractivity (Wildman–Crippen MR) is 138 cm³/mol. The van der Waals surface area contributed by atoms with Gasteiger partial charge in [0, 0.05) is 36.0 Å². The molecule has 184 valence electrons. The zero-order valence-electron chi connectivity index (χ0n) is 19.0. The Kier molecular flexibility index (Phi) is 6.33. The van der Waals surface area contributed by atoms with Crippen LogP contribution in [0.15, 0.2) is 58.4 Å². The second-order valence-electron chi connectivity index (χ2n) is 8.74. The van der Waals surface area contributed by atoms with Crippen molar-refractivity contribution in [3.63, 3.8) is 0 Å². The van der Waals surface area contributed by atoms with Crippen LogP contribution in [0.1, 0.15) is 23.8 Å². The quantitative estimate of drug-likeness (QED) is 0.301. The second-order valence-corrected chi connectivity index (χ2v) is 10.4. The number of carbonyl (C=O) groups is 1. The second kappa shape index (κ2) is 9.76. The molecule has 0 aliphatic carbocycles. The van der Waals surface area contributed by atoms with Crippen LogP contribution in [-0.4, -0.2) is 46.7 Å². The lowest BCUT2D eigenvalue weighted by molar-refractivity contribution is -0.142. The van der Waals surface area contributed by atoms with Crippen LogP contribution in [0.5, 0.6) is 11.5 Å². The van der Waals surface area contributed by atoms with E-state index >= 15 is 0 Å². The average Bonchev–Trinajstić information content (AvgIpc) is 3.60. The van der Waals surface area contributed by atoms with E-state index in [1.165, 1.54) is 0 Å². The summed E-state index contributed by atoms with van der Waals surface area (Å²) in [7, 11) is 0. The van der Waals surface area contributed by atoms with E-state index in [0.29, 0.717) is 46.1 Å². The lowest BCUT2D eigenvalue weighted by atomic mass is 9.97. The maximum Gasteiger partial charge on any atom is 0.267 e. The van der Waals surface area contributed by atoms with Crippen LogP contribution in [0.4, 0.5) is 0 Å². The number of halogens is 2. The number of rotatable bonds is 4. The molecule has 1 atom stereocenters. The number of amides is 1. The number of hydrogen-bond acceptors (Lipinski definition) is 7. The highest BCUT2D eigenvalue weighted by Crippen LogP contribution is 2.36. The molecule has 0 bridgehead atoms. The van der Waals surface area contributed by atoms with Crippen molar-refractivity contribution in [2.45, 2.75) is 24.9 Å². The summed E-state index contributed by atoms with van der Waals surface area (Å²) >= 11 is 13.7. The molecule has 0 radical (unpaired) electrons. The number of para-hydroxylation sites is 2. The molecule has 1 saturated heterocycles. The van der Waals surface area contributed by atoms with Gasteiger partial charge in [-0.2, -0.15) is 0 Å². The molecule has 10 heteroatoms. The molecule has 0 saturated carbocycles. The van der Waals surface area contributed by atoms with Crippen LogP contribution < -0.4 is 9.47 Å². The minimum Gasteiger partial charge on any atom is -0.485 e. The van der Waals surface area contributed by atoms with Crippen LogP contribution in [0.2, 0.25) is 10.0 Å². The summed E-state index contributed by atoms with van der Waals surface area (Å²) < 4.78 is 17.2. The summed E-state index contributed by atoms with van der Waals surface area (Å²) in [6.45, 7) is 1.54. The van der Waals surface area contributed by atoms with E-state index in [1.807, 2.05) is 46.7 Å².